The summed E-state index contributed by atoms with van der Waals surface area (Å²) < 4.78 is 5.39. The maximum absolute atomic E-state index is 12.8. The van der Waals surface area contributed by atoms with Crippen molar-refractivity contribution < 1.29 is 19.1 Å². The maximum Gasteiger partial charge on any atom is 0.410 e. The van der Waals surface area contributed by atoms with Crippen molar-refractivity contribution in [3.05, 3.63) is 0 Å². The summed E-state index contributed by atoms with van der Waals surface area (Å²) in [5, 5.41) is 0. The Morgan fingerprint density at radius 2 is 1.74 bits per heavy atom. The molecule has 2 rings (SSSR count). The number of rotatable bonds is 2. The van der Waals surface area contributed by atoms with Gasteiger partial charge in [-0.05, 0) is 46.5 Å². The highest BCUT2D eigenvalue weighted by atomic mass is 16.6. The van der Waals surface area contributed by atoms with Gasteiger partial charge in [-0.25, -0.2) is 4.79 Å². The van der Waals surface area contributed by atoms with Gasteiger partial charge in [-0.2, -0.15) is 0 Å². The Labute approximate surface area is 137 Å². The molecule has 0 bridgehead atoms. The molecule has 3 amide bonds. The van der Waals surface area contributed by atoms with Gasteiger partial charge < -0.3 is 15.4 Å². The van der Waals surface area contributed by atoms with Crippen molar-refractivity contribution >= 4 is 17.9 Å². The first-order valence-corrected chi connectivity index (χ1v) is 8.27. The Hall–Kier alpha value is -1.79. The SMILES string of the molecule is CC(C)(C)OC(=O)N1CCCC1C(=O)N1CCCC(C(N)=O)C1. The van der Waals surface area contributed by atoms with Crippen molar-refractivity contribution in [2.45, 2.75) is 58.1 Å². The zero-order valence-electron chi connectivity index (χ0n) is 14.2. The van der Waals surface area contributed by atoms with Crippen LogP contribution in [0.4, 0.5) is 4.79 Å². The van der Waals surface area contributed by atoms with E-state index in [0.717, 1.165) is 19.3 Å². The van der Waals surface area contributed by atoms with Crippen LogP contribution in [0.1, 0.15) is 46.5 Å². The van der Waals surface area contributed by atoms with Gasteiger partial charge >= 0.3 is 6.09 Å². The summed E-state index contributed by atoms with van der Waals surface area (Å²) in [4.78, 5) is 39.6. The Morgan fingerprint density at radius 3 is 2.35 bits per heavy atom. The molecule has 130 valence electrons. The van der Waals surface area contributed by atoms with Gasteiger partial charge in [0.1, 0.15) is 11.6 Å². The number of likely N-dealkylation sites (tertiary alicyclic amines) is 2. The lowest BCUT2D eigenvalue weighted by Gasteiger charge is -2.35. The molecule has 2 heterocycles. The molecule has 0 radical (unpaired) electrons. The highest BCUT2D eigenvalue weighted by Gasteiger charge is 2.40. The molecule has 0 aliphatic carbocycles. The molecule has 2 saturated heterocycles. The molecule has 2 unspecified atom stereocenters. The standard InChI is InChI=1S/C16H27N3O4/c1-16(2,3)23-15(22)19-9-5-7-12(19)14(21)18-8-4-6-11(10-18)13(17)20/h11-12H,4-10H2,1-3H3,(H2,17,20). The zero-order chi connectivity index (χ0) is 17.2. The van der Waals surface area contributed by atoms with E-state index in [1.165, 1.54) is 4.90 Å². The van der Waals surface area contributed by atoms with Gasteiger partial charge in [0, 0.05) is 19.6 Å². The second-order valence-electron chi connectivity index (χ2n) is 7.36. The Bertz CT molecular complexity index is 486. The number of carbonyl (C=O) groups is 3. The fourth-order valence-electron chi connectivity index (χ4n) is 3.18. The molecular weight excluding hydrogens is 298 g/mol. The van der Waals surface area contributed by atoms with E-state index in [1.807, 2.05) is 0 Å². The molecule has 0 saturated carbocycles. The van der Waals surface area contributed by atoms with Crippen LogP contribution in [-0.2, 0) is 14.3 Å². The highest BCUT2D eigenvalue weighted by Crippen LogP contribution is 2.25. The molecule has 0 spiro atoms. The summed E-state index contributed by atoms with van der Waals surface area (Å²) in [5.74, 6) is -0.749. The molecule has 2 atom stereocenters. The molecule has 23 heavy (non-hydrogen) atoms. The van der Waals surface area contributed by atoms with Crippen molar-refractivity contribution in [2.75, 3.05) is 19.6 Å². The lowest BCUT2D eigenvalue weighted by molar-refractivity contribution is -0.139. The van der Waals surface area contributed by atoms with E-state index < -0.39 is 17.7 Å². The van der Waals surface area contributed by atoms with Crippen LogP contribution in [0.3, 0.4) is 0 Å². The minimum absolute atomic E-state index is 0.0979. The quantitative estimate of drug-likeness (QED) is 0.823. The van der Waals surface area contributed by atoms with Gasteiger partial charge in [0.05, 0.1) is 5.92 Å². The monoisotopic (exact) mass is 325 g/mol. The number of nitrogens with two attached hydrogens (primary N) is 1. The maximum atomic E-state index is 12.8. The largest absolute Gasteiger partial charge is 0.444 e. The molecule has 0 aromatic carbocycles. The molecule has 2 N–H and O–H groups in total. The van der Waals surface area contributed by atoms with Crippen molar-refractivity contribution in [1.82, 2.24) is 9.80 Å². The van der Waals surface area contributed by atoms with E-state index in [-0.39, 0.29) is 17.7 Å². The van der Waals surface area contributed by atoms with E-state index in [0.29, 0.717) is 26.1 Å². The molecule has 2 aliphatic heterocycles. The lowest BCUT2D eigenvalue weighted by Crippen LogP contribution is -2.52. The highest BCUT2D eigenvalue weighted by molar-refractivity contribution is 5.87. The third-order valence-electron chi connectivity index (χ3n) is 4.30. The van der Waals surface area contributed by atoms with Gasteiger partial charge in [-0.15, -0.1) is 0 Å². The minimum Gasteiger partial charge on any atom is -0.444 e. The van der Waals surface area contributed by atoms with E-state index in [9.17, 15) is 14.4 Å². The number of ether oxygens (including phenoxy) is 1. The Balaban J connectivity index is 2.02. The average Bonchev–Trinajstić information content (AvgIpc) is 2.94. The molecule has 7 heteroatoms. The third-order valence-corrected chi connectivity index (χ3v) is 4.30. The van der Waals surface area contributed by atoms with Crippen molar-refractivity contribution in [3.63, 3.8) is 0 Å². The molecule has 0 aromatic heterocycles. The van der Waals surface area contributed by atoms with Gasteiger partial charge in [0.15, 0.2) is 0 Å². The summed E-state index contributed by atoms with van der Waals surface area (Å²) >= 11 is 0. The van der Waals surface area contributed by atoms with Crippen LogP contribution in [-0.4, -0.2) is 59.0 Å². The van der Waals surface area contributed by atoms with Crippen LogP contribution in [0.15, 0.2) is 0 Å². The summed E-state index contributed by atoms with van der Waals surface area (Å²) in [6.07, 6.45) is 2.45. The smallest absolute Gasteiger partial charge is 0.410 e. The number of carbonyl (C=O) groups excluding carboxylic acids is 3. The number of nitrogens with zero attached hydrogens (tertiary/aromatic N) is 2. The first kappa shape index (κ1) is 17.6. The van der Waals surface area contributed by atoms with Gasteiger partial charge in [0.25, 0.3) is 0 Å². The minimum atomic E-state index is -0.588. The van der Waals surface area contributed by atoms with Crippen molar-refractivity contribution in [2.24, 2.45) is 11.7 Å². The van der Waals surface area contributed by atoms with E-state index in [1.54, 1.807) is 25.7 Å². The number of hydrogen-bond donors (Lipinski definition) is 1. The van der Waals surface area contributed by atoms with Crippen LogP contribution in [0.2, 0.25) is 0 Å². The van der Waals surface area contributed by atoms with Crippen molar-refractivity contribution in [3.8, 4) is 0 Å². The van der Waals surface area contributed by atoms with Gasteiger partial charge in [-0.1, -0.05) is 0 Å². The van der Waals surface area contributed by atoms with Crippen LogP contribution in [0, 0.1) is 5.92 Å². The summed E-state index contributed by atoms with van der Waals surface area (Å²) in [7, 11) is 0. The molecule has 0 aromatic rings. The fraction of sp³-hybridized carbons (Fsp3) is 0.812. The van der Waals surface area contributed by atoms with Crippen LogP contribution in [0.5, 0.6) is 0 Å². The second-order valence-corrected chi connectivity index (χ2v) is 7.36. The third kappa shape index (κ3) is 4.36. The number of amides is 3. The lowest BCUT2D eigenvalue weighted by atomic mass is 9.96. The Kier molecular flexibility index (Phi) is 5.16. The molecular formula is C16H27N3O4. The van der Waals surface area contributed by atoms with Crippen molar-refractivity contribution in [1.29, 1.82) is 0 Å². The predicted molar refractivity (Wildman–Crippen MR) is 84.5 cm³/mol. The first-order chi connectivity index (χ1) is 10.7. The van der Waals surface area contributed by atoms with E-state index in [4.69, 9.17) is 10.5 Å². The fourth-order valence-corrected chi connectivity index (χ4v) is 3.18. The number of piperidine rings is 1. The number of primary amides is 1. The number of hydrogen-bond acceptors (Lipinski definition) is 4. The van der Waals surface area contributed by atoms with Gasteiger partial charge in [-0.3, -0.25) is 14.5 Å². The average molecular weight is 325 g/mol. The normalized spacial score (nSPS) is 25.3. The summed E-state index contributed by atoms with van der Waals surface area (Å²) in [6, 6.07) is -0.489. The first-order valence-electron chi connectivity index (χ1n) is 8.27. The summed E-state index contributed by atoms with van der Waals surface area (Å²) in [6.45, 7) is 6.91. The van der Waals surface area contributed by atoms with Crippen LogP contribution in [0.25, 0.3) is 0 Å². The Morgan fingerprint density at radius 1 is 1.09 bits per heavy atom. The molecule has 2 fully saturated rings. The summed E-state index contributed by atoms with van der Waals surface area (Å²) in [5.41, 5.74) is 4.78. The van der Waals surface area contributed by atoms with Gasteiger partial charge in [0.2, 0.25) is 11.8 Å². The molecule has 7 nitrogen and oxygen atoms in total. The van der Waals surface area contributed by atoms with E-state index in [2.05, 4.69) is 0 Å². The van der Waals surface area contributed by atoms with Crippen LogP contribution < -0.4 is 5.73 Å². The van der Waals surface area contributed by atoms with Crippen LogP contribution >= 0.6 is 0 Å². The van der Waals surface area contributed by atoms with E-state index >= 15 is 0 Å². The molecule has 2 aliphatic rings. The second kappa shape index (κ2) is 6.76. The predicted octanol–water partition coefficient (Wildman–Crippen LogP) is 1.11. The zero-order valence-corrected chi connectivity index (χ0v) is 14.2. The topological polar surface area (TPSA) is 92.9 Å².